The van der Waals surface area contributed by atoms with Crippen LogP contribution in [0, 0.1) is 5.92 Å². The number of carbonyl (C=O) groups excluding carboxylic acids is 1. The van der Waals surface area contributed by atoms with Crippen molar-refractivity contribution in [2.24, 2.45) is 5.92 Å². The number of morpholine rings is 1. The standard InChI is InChI=1S/C15H17N3O2S/c19-15(17-4-6-20-7-5-17)11-9-18(10-11)14-12-2-8-21-13(12)1-3-16-14/h1-3,8,11H,4-7,9-10H2. The molecule has 0 saturated carbocycles. The smallest absolute Gasteiger partial charge is 0.229 e. The van der Waals surface area contributed by atoms with Gasteiger partial charge in [0.1, 0.15) is 5.82 Å². The Labute approximate surface area is 127 Å². The second-order valence-electron chi connectivity index (χ2n) is 5.51. The van der Waals surface area contributed by atoms with Crippen molar-refractivity contribution in [3.05, 3.63) is 23.7 Å². The van der Waals surface area contributed by atoms with E-state index in [0.29, 0.717) is 13.2 Å². The average Bonchev–Trinajstić information content (AvgIpc) is 2.96. The lowest BCUT2D eigenvalue weighted by Crippen LogP contribution is -2.56. The monoisotopic (exact) mass is 303 g/mol. The summed E-state index contributed by atoms with van der Waals surface area (Å²) in [7, 11) is 0. The first-order valence-electron chi connectivity index (χ1n) is 7.26. The van der Waals surface area contributed by atoms with Gasteiger partial charge in [-0.05, 0) is 17.5 Å². The quantitative estimate of drug-likeness (QED) is 0.845. The molecule has 0 N–H and O–H groups in total. The number of hydrogen-bond acceptors (Lipinski definition) is 5. The molecule has 4 rings (SSSR count). The predicted molar refractivity (Wildman–Crippen MR) is 82.7 cm³/mol. The summed E-state index contributed by atoms with van der Waals surface area (Å²) in [4.78, 5) is 21.0. The van der Waals surface area contributed by atoms with Crippen LogP contribution in [0.25, 0.3) is 10.1 Å². The summed E-state index contributed by atoms with van der Waals surface area (Å²) in [6, 6.07) is 4.15. The first-order chi connectivity index (χ1) is 10.3. The van der Waals surface area contributed by atoms with Crippen LogP contribution in [-0.2, 0) is 9.53 Å². The van der Waals surface area contributed by atoms with E-state index in [1.165, 1.54) is 10.1 Å². The van der Waals surface area contributed by atoms with Crippen molar-refractivity contribution in [2.45, 2.75) is 0 Å². The van der Waals surface area contributed by atoms with Crippen LogP contribution in [0.5, 0.6) is 0 Å². The molecule has 2 aliphatic rings. The van der Waals surface area contributed by atoms with Gasteiger partial charge < -0.3 is 14.5 Å². The number of pyridine rings is 1. The van der Waals surface area contributed by atoms with Gasteiger partial charge in [0.25, 0.3) is 0 Å². The Morgan fingerprint density at radius 2 is 2.10 bits per heavy atom. The van der Waals surface area contributed by atoms with E-state index in [1.807, 2.05) is 17.2 Å². The molecule has 0 spiro atoms. The summed E-state index contributed by atoms with van der Waals surface area (Å²) in [6.45, 7) is 4.34. The Morgan fingerprint density at radius 3 is 2.90 bits per heavy atom. The number of aromatic nitrogens is 1. The summed E-state index contributed by atoms with van der Waals surface area (Å²) < 4.78 is 6.55. The zero-order valence-electron chi connectivity index (χ0n) is 11.7. The van der Waals surface area contributed by atoms with Crippen LogP contribution in [0.15, 0.2) is 23.7 Å². The Balaban J connectivity index is 1.45. The topological polar surface area (TPSA) is 45.7 Å². The van der Waals surface area contributed by atoms with E-state index in [-0.39, 0.29) is 11.8 Å². The van der Waals surface area contributed by atoms with Crippen molar-refractivity contribution in [3.8, 4) is 0 Å². The first kappa shape index (κ1) is 13.0. The summed E-state index contributed by atoms with van der Waals surface area (Å²) in [6.07, 6.45) is 1.85. The van der Waals surface area contributed by atoms with Crippen molar-refractivity contribution in [3.63, 3.8) is 0 Å². The molecule has 0 bridgehead atoms. The normalized spacial score (nSPS) is 19.8. The molecule has 1 amide bonds. The lowest BCUT2D eigenvalue weighted by atomic mass is 9.97. The molecule has 2 aromatic rings. The molecule has 2 aromatic heterocycles. The summed E-state index contributed by atoms with van der Waals surface area (Å²) >= 11 is 1.73. The van der Waals surface area contributed by atoms with E-state index >= 15 is 0 Å². The highest BCUT2D eigenvalue weighted by Crippen LogP contribution is 2.32. The second-order valence-corrected chi connectivity index (χ2v) is 6.45. The van der Waals surface area contributed by atoms with Crippen molar-refractivity contribution in [2.75, 3.05) is 44.3 Å². The van der Waals surface area contributed by atoms with Gasteiger partial charge in [-0.15, -0.1) is 11.3 Å². The van der Waals surface area contributed by atoms with Crippen molar-refractivity contribution >= 4 is 33.1 Å². The molecule has 4 heterocycles. The van der Waals surface area contributed by atoms with E-state index in [9.17, 15) is 4.79 Å². The molecule has 2 fully saturated rings. The Hall–Kier alpha value is -1.66. The van der Waals surface area contributed by atoms with Crippen LogP contribution in [0.4, 0.5) is 5.82 Å². The maximum Gasteiger partial charge on any atom is 0.229 e. The maximum absolute atomic E-state index is 12.4. The minimum atomic E-state index is 0.110. The molecule has 5 nitrogen and oxygen atoms in total. The first-order valence-corrected chi connectivity index (χ1v) is 8.14. The van der Waals surface area contributed by atoms with Crippen LogP contribution in [0.3, 0.4) is 0 Å². The van der Waals surface area contributed by atoms with Gasteiger partial charge in [-0.1, -0.05) is 0 Å². The van der Waals surface area contributed by atoms with Crippen LogP contribution in [0.2, 0.25) is 0 Å². The maximum atomic E-state index is 12.4. The number of nitrogens with zero attached hydrogens (tertiary/aromatic N) is 3. The molecule has 21 heavy (non-hydrogen) atoms. The summed E-state index contributed by atoms with van der Waals surface area (Å²) in [5.74, 6) is 1.39. The van der Waals surface area contributed by atoms with Gasteiger partial charge >= 0.3 is 0 Å². The molecule has 0 radical (unpaired) electrons. The Bertz CT molecular complexity index is 660. The Kier molecular flexibility index (Phi) is 3.27. The number of ether oxygens (including phenoxy) is 1. The number of thiophene rings is 1. The van der Waals surface area contributed by atoms with E-state index < -0.39 is 0 Å². The van der Waals surface area contributed by atoms with Gasteiger partial charge in [-0.2, -0.15) is 0 Å². The molecular weight excluding hydrogens is 286 g/mol. The number of fused-ring (bicyclic) bond motifs is 1. The zero-order valence-corrected chi connectivity index (χ0v) is 12.5. The largest absolute Gasteiger partial charge is 0.378 e. The van der Waals surface area contributed by atoms with Crippen LogP contribution in [-0.4, -0.2) is 55.2 Å². The van der Waals surface area contributed by atoms with Gasteiger partial charge in [-0.25, -0.2) is 4.98 Å². The molecule has 110 valence electrons. The molecule has 2 aliphatic heterocycles. The van der Waals surface area contributed by atoms with Gasteiger partial charge in [-0.3, -0.25) is 4.79 Å². The number of hydrogen-bond donors (Lipinski definition) is 0. The minimum Gasteiger partial charge on any atom is -0.378 e. The van der Waals surface area contributed by atoms with Crippen LogP contribution in [0.1, 0.15) is 0 Å². The van der Waals surface area contributed by atoms with Gasteiger partial charge in [0.2, 0.25) is 5.91 Å². The molecule has 0 unspecified atom stereocenters. The van der Waals surface area contributed by atoms with E-state index in [1.54, 1.807) is 11.3 Å². The fraction of sp³-hybridized carbons (Fsp3) is 0.467. The van der Waals surface area contributed by atoms with Crippen LogP contribution < -0.4 is 4.90 Å². The zero-order chi connectivity index (χ0) is 14.2. The summed E-state index contributed by atoms with van der Waals surface area (Å²) in [5.41, 5.74) is 0. The van der Waals surface area contributed by atoms with E-state index in [4.69, 9.17) is 4.74 Å². The van der Waals surface area contributed by atoms with Gasteiger partial charge in [0.05, 0.1) is 19.1 Å². The molecule has 0 atom stereocenters. The van der Waals surface area contributed by atoms with E-state index in [2.05, 4.69) is 21.3 Å². The average molecular weight is 303 g/mol. The Morgan fingerprint density at radius 1 is 1.29 bits per heavy atom. The fourth-order valence-electron chi connectivity index (χ4n) is 2.98. The van der Waals surface area contributed by atoms with Crippen LogP contribution >= 0.6 is 11.3 Å². The minimum absolute atomic E-state index is 0.110. The van der Waals surface area contributed by atoms with Gasteiger partial charge in [0, 0.05) is 42.5 Å². The third kappa shape index (κ3) is 2.28. The third-order valence-electron chi connectivity index (χ3n) is 4.21. The number of rotatable bonds is 2. The fourth-order valence-corrected chi connectivity index (χ4v) is 3.76. The molecule has 2 saturated heterocycles. The van der Waals surface area contributed by atoms with Crippen molar-refractivity contribution in [1.29, 1.82) is 0 Å². The molecule has 6 heteroatoms. The highest BCUT2D eigenvalue weighted by atomic mass is 32.1. The third-order valence-corrected chi connectivity index (χ3v) is 5.09. The predicted octanol–water partition coefficient (Wildman–Crippen LogP) is 1.59. The highest BCUT2D eigenvalue weighted by Gasteiger charge is 2.37. The van der Waals surface area contributed by atoms with Crippen molar-refractivity contribution < 1.29 is 9.53 Å². The van der Waals surface area contributed by atoms with Crippen molar-refractivity contribution in [1.82, 2.24) is 9.88 Å². The number of carbonyl (C=O) groups is 1. The van der Waals surface area contributed by atoms with E-state index in [0.717, 1.165) is 32.0 Å². The molecule has 0 aliphatic carbocycles. The lowest BCUT2D eigenvalue weighted by molar-refractivity contribution is -0.140. The number of anilines is 1. The lowest BCUT2D eigenvalue weighted by Gasteiger charge is -2.42. The SMILES string of the molecule is O=C(C1CN(c2nccc3sccc23)C1)N1CCOCC1. The highest BCUT2D eigenvalue weighted by molar-refractivity contribution is 7.17. The second kappa shape index (κ2) is 5.27. The molecular formula is C15H17N3O2S. The molecule has 0 aromatic carbocycles. The number of amides is 1. The summed E-state index contributed by atoms with van der Waals surface area (Å²) in [5, 5.41) is 3.28. The van der Waals surface area contributed by atoms with Gasteiger partial charge in [0.15, 0.2) is 0 Å².